The lowest BCUT2D eigenvalue weighted by Gasteiger charge is -2.24. The van der Waals surface area contributed by atoms with Crippen molar-refractivity contribution in [3.63, 3.8) is 0 Å². The minimum absolute atomic E-state index is 0.0650. The fraction of sp³-hybridized carbons (Fsp3) is 0.393. The summed E-state index contributed by atoms with van der Waals surface area (Å²) in [5.41, 5.74) is 0.419. The molecule has 0 radical (unpaired) electrons. The van der Waals surface area contributed by atoms with Gasteiger partial charge in [0.15, 0.2) is 0 Å². The number of sulfonamides is 1. The van der Waals surface area contributed by atoms with Gasteiger partial charge in [-0.3, -0.25) is 4.79 Å². The molecule has 0 spiro atoms. The lowest BCUT2D eigenvalue weighted by Crippen LogP contribution is -2.45. The number of nitrogens with zero attached hydrogens (tertiary/aromatic N) is 5. The van der Waals surface area contributed by atoms with Crippen molar-refractivity contribution in [3.05, 3.63) is 71.7 Å². The molecule has 9 nitrogen and oxygen atoms in total. The molecule has 0 aliphatic carbocycles. The molecule has 3 aromatic rings. The first kappa shape index (κ1) is 31.3. The number of hydrogen-bond acceptors (Lipinski definition) is 7. The van der Waals surface area contributed by atoms with E-state index in [1.807, 2.05) is 19.0 Å². The van der Waals surface area contributed by atoms with E-state index in [-0.39, 0.29) is 18.0 Å². The van der Waals surface area contributed by atoms with Crippen LogP contribution >= 0.6 is 0 Å². The van der Waals surface area contributed by atoms with E-state index in [0.717, 1.165) is 40.7 Å². The van der Waals surface area contributed by atoms with Crippen molar-refractivity contribution in [1.29, 1.82) is 0 Å². The van der Waals surface area contributed by atoms with Crippen LogP contribution in [0.15, 0.2) is 59.5 Å². The lowest BCUT2D eigenvalue weighted by molar-refractivity contribution is -0.137. The molecule has 0 bridgehead atoms. The molecule has 2 aromatic carbocycles. The zero-order chi connectivity index (χ0) is 30.7. The molecular formula is C28H32F4N6O3S. The number of rotatable bonds is 10. The van der Waals surface area contributed by atoms with Gasteiger partial charge >= 0.3 is 6.18 Å². The number of alkyl halides is 3. The fourth-order valence-corrected chi connectivity index (χ4v) is 6.16. The topological polar surface area (TPSA) is 98.7 Å². The predicted molar refractivity (Wildman–Crippen MR) is 149 cm³/mol. The van der Waals surface area contributed by atoms with Crippen LogP contribution in [0.2, 0.25) is 0 Å². The van der Waals surface area contributed by atoms with Gasteiger partial charge in [-0.15, -0.1) is 0 Å². The third-order valence-electron chi connectivity index (χ3n) is 6.87. The van der Waals surface area contributed by atoms with Gasteiger partial charge in [0, 0.05) is 32.2 Å². The molecule has 1 N–H and O–H groups in total. The van der Waals surface area contributed by atoms with Gasteiger partial charge in [0.1, 0.15) is 11.9 Å². The minimum atomic E-state index is -4.48. The first-order valence-corrected chi connectivity index (χ1v) is 14.7. The van der Waals surface area contributed by atoms with Crippen LogP contribution in [0, 0.1) is 5.82 Å². The zero-order valence-corrected chi connectivity index (χ0v) is 24.2. The Hall–Kier alpha value is -3.62. The summed E-state index contributed by atoms with van der Waals surface area (Å²) in [5, 5.41) is 2.76. The number of anilines is 1. The van der Waals surface area contributed by atoms with Gasteiger partial charge in [-0.25, -0.2) is 22.8 Å². The second-order valence-electron chi connectivity index (χ2n) is 10.3. The van der Waals surface area contributed by atoms with Crippen molar-refractivity contribution >= 4 is 21.9 Å². The first-order valence-electron chi connectivity index (χ1n) is 13.2. The van der Waals surface area contributed by atoms with Gasteiger partial charge in [0.2, 0.25) is 21.9 Å². The van der Waals surface area contributed by atoms with Gasteiger partial charge in [-0.2, -0.15) is 17.5 Å². The maximum atomic E-state index is 13.3. The molecule has 14 heteroatoms. The third-order valence-corrected chi connectivity index (χ3v) is 8.79. The molecule has 1 fully saturated rings. The summed E-state index contributed by atoms with van der Waals surface area (Å²) >= 11 is 0. The second kappa shape index (κ2) is 12.7. The van der Waals surface area contributed by atoms with Crippen molar-refractivity contribution in [2.45, 2.75) is 36.5 Å². The molecule has 1 aromatic heterocycles. The minimum Gasteiger partial charge on any atom is -0.349 e. The van der Waals surface area contributed by atoms with Crippen molar-refractivity contribution in [2.24, 2.45) is 0 Å². The number of nitrogens with one attached hydrogen (secondary N) is 1. The van der Waals surface area contributed by atoms with E-state index in [1.54, 1.807) is 18.0 Å². The largest absolute Gasteiger partial charge is 0.416 e. The maximum Gasteiger partial charge on any atom is 0.416 e. The number of carbonyl (C=O) groups is 1. The summed E-state index contributed by atoms with van der Waals surface area (Å²) in [6.45, 7) is 1.33. The van der Waals surface area contributed by atoms with Crippen LogP contribution in [-0.2, 0) is 27.5 Å². The Bertz CT molecular complexity index is 1500. The van der Waals surface area contributed by atoms with E-state index in [4.69, 9.17) is 0 Å². The Morgan fingerprint density at radius 2 is 1.69 bits per heavy atom. The Morgan fingerprint density at radius 3 is 2.31 bits per heavy atom. The van der Waals surface area contributed by atoms with Crippen molar-refractivity contribution in [1.82, 2.24) is 24.5 Å². The summed E-state index contributed by atoms with van der Waals surface area (Å²) in [6.07, 6.45) is -3.69. The molecule has 1 amide bonds. The number of amides is 1. The molecule has 226 valence electrons. The van der Waals surface area contributed by atoms with E-state index < -0.39 is 39.5 Å². The quantitative estimate of drug-likeness (QED) is 0.350. The van der Waals surface area contributed by atoms with E-state index >= 15 is 0 Å². The van der Waals surface area contributed by atoms with Crippen LogP contribution in [0.4, 0.5) is 23.5 Å². The van der Waals surface area contributed by atoms with Crippen molar-refractivity contribution < 1.29 is 30.8 Å². The van der Waals surface area contributed by atoms with Crippen LogP contribution in [0.3, 0.4) is 0 Å². The molecule has 42 heavy (non-hydrogen) atoms. The molecule has 2 heterocycles. The van der Waals surface area contributed by atoms with E-state index in [1.165, 1.54) is 12.1 Å². The molecule has 1 aliphatic rings. The molecule has 1 unspecified atom stereocenters. The van der Waals surface area contributed by atoms with Gasteiger partial charge in [-0.1, -0.05) is 12.1 Å². The Kier molecular flexibility index (Phi) is 9.48. The normalized spacial score (nSPS) is 16.1. The highest BCUT2D eigenvalue weighted by atomic mass is 32.2. The molecular weight excluding hydrogens is 576 g/mol. The van der Waals surface area contributed by atoms with Crippen molar-refractivity contribution in [2.75, 3.05) is 45.7 Å². The smallest absolute Gasteiger partial charge is 0.349 e. The summed E-state index contributed by atoms with van der Waals surface area (Å²) in [4.78, 5) is 26.0. The average molecular weight is 609 g/mol. The second-order valence-corrected chi connectivity index (χ2v) is 12.2. The zero-order valence-electron chi connectivity index (χ0n) is 23.4. The monoisotopic (exact) mass is 608 g/mol. The van der Waals surface area contributed by atoms with E-state index in [2.05, 4.69) is 15.3 Å². The molecule has 1 atom stereocenters. The number of carbonyl (C=O) groups excluding carboxylic acids is 1. The number of halogens is 4. The molecule has 4 rings (SSSR count). The Balaban J connectivity index is 1.56. The number of benzene rings is 2. The van der Waals surface area contributed by atoms with Crippen LogP contribution in [-0.4, -0.2) is 80.3 Å². The van der Waals surface area contributed by atoms with E-state index in [0.29, 0.717) is 48.8 Å². The lowest BCUT2D eigenvalue weighted by atomic mass is 10.1. The van der Waals surface area contributed by atoms with Crippen molar-refractivity contribution in [3.8, 4) is 11.3 Å². The third kappa shape index (κ3) is 7.41. The van der Waals surface area contributed by atoms with E-state index in [9.17, 15) is 30.8 Å². The highest BCUT2D eigenvalue weighted by Crippen LogP contribution is 2.31. The van der Waals surface area contributed by atoms with Crippen LogP contribution in [0.5, 0.6) is 0 Å². The molecule has 1 saturated heterocycles. The summed E-state index contributed by atoms with van der Waals surface area (Å²) < 4.78 is 80.1. The predicted octanol–water partition coefficient (Wildman–Crippen LogP) is 3.77. The fourth-order valence-electron chi connectivity index (χ4n) is 4.50. The summed E-state index contributed by atoms with van der Waals surface area (Å²) in [5.74, 6) is -0.771. The van der Waals surface area contributed by atoms with Crippen LogP contribution < -0.4 is 10.2 Å². The standard InChI is InChI=1S/C28H32F4N6O3S/c1-36(2)15-16-37(3)27-34-22(17-24(35-27)19-6-8-20(9-7-19)28(30,31)32)18-33-26(39)25-5-4-14-38(25)42(40,41)23-12-10-21(29)11-13-23/h6-13,17,25H,4-5,14-16,18H2,1-3H3,(H,33,39). The highest BCUT2D eigenvalue weighted by Gasteiger charge is 2.39. The number of hydrogen-bond donors (Lipinski definition) is 1. The Morgan fingerprint density at radius 1 is 1.02 bits per heavy atom. The average Bonchev–Trinajstić information content (AvgIpc) is 3.46. The SMILES string of the molecule is CN(C)CCN(C)c1nc(CNC(=O)C2CCCN2S(=O)(=O)c2ccc(F)cc2)cc(-c2ccc(C(F)(F)F)cc2)n1. The summed E-state index contributed by atoms with van der Waals surface area (Å²) in [6, 6.07) is 9.65. The number of aromatic nitrogens is 2. The Labute approximate surface area is 242 Å². The van der Waals surface area contributed by atoms with Gasteiger partial charge in [0.25, 0.3) is 0 Å². The molecule has 0 saturated carbocycles. The van der Waals surface area contributed by atoms with Gasteiger partial charge in [-0.05, 0) is 69.4 Å². The van der Waals surface area contributed by atoms with Crippen LogP contribution in [0.1, 0.15) is 24.1 Å². The first-order chi connectivity index (χ1) is 19.8. The molecule has 1 aliphatic heterocycles. The highest BCUT2D eigenvalue weighted by molar-refractivity contribution is 7.89. The summed E-state index contributed by atoms with van der Waals surface area (Å²) in [7, 11) is 1.58. The van der Waals surface area contributed by atoms with Gasteiger partial charge in [0.05, 0.1) is 28.4 Å². The van der Waals surface area contributed by atoms with Crippen LogP contribution in [0.25, 0.3) is 11.3 Å². The number of likely N-dealkylation sites (N-methyl/N-ethyl adjacent to an activating group) is 2. The maximum absolute atomic E-state index is 13.3. The van der Waals surface area contributed by atoms with Gasteiger partial charge < -0.3 is 15.1 Å².